The molecule has 0 spiro atoms. The van der Waals surface area contributed by atoms with Gasteiger partial charge < -0.3 is 5.73 Å². The minimum atomic E-state index is -0.278. The molecular formula is C5H8NO. The molecule has 39 valence electrons. The first-order valence-corrected chi connectivity index (χ1v) is 2.05. The van der Waals surface area contributed by atoms with Crippen molar-refractivity contribution in [1.82, 2.24) is 0 Å². The van der Waals surface area contributed by atoms with Gasteiger partial charge in [-0.25, -0.2) is 0 Å². The van der Waals surface area contributed by atoms with E-state index in [4.69, 9.17) is 5.73 Å². The monoisotopic (exact) mass is 98.1 g/mol. The van der Waals surface area contributed by atoms with E-state index in [0.717, 1.165) is 0 Å². The van der Waals surface area contributed by atoms with Crippen molar-refractivity contribution < 1.29 is 4.79 Å². The van der Waals surface area contributed by atoms with Gasteiger partial charge in [-0.05, 0) is 0 Å². The van der Waals surface area contributed by atoms with Crippen molar-refractivity contribution in [2.45, 2.75) is 0 Å². The summed E-state index contributed by atoms with van der Waals surface area (Å²) in [4.78, 5) is 9.69. The predicted octanol–water partition coefficient (Wildman–Crippen LogP) is -0.143. The highest BCUT2D eigenvalue weighted by Crippen LogP contribution is 1.85. The molecule has 0 saturated carbocycles. The Balaban J connectivity index is 3.36. The van der Waals surface area contributed by atoms with Gasteiger partial charge in [-0.15, -0.1) is 6.58 Å². The third kappa shape index (κ3) is 2.11. The van der Waals surface area contributed by atoms with Crippen LogP contribution in [0.25, 0.3) is 0 Å². The summed E-state index contributed by atoms with van der Waals surface area (Å²) in [6, 6.07) is 0. The van der Waals surface area contributed by atoms with Gasteiger partial charge in [0.15, 0.2) is 0 Å². The molecule has 0 saturated heterocycles. The second kappa shape index (κ2) is 3.56. The van der Waals surface area contributed by atoms with Crippen LogP contribution in [0, 0.1) is 5.92 Å². The zero-order valence-electron chi connectivity index (χ0n) is 4.05. The molecular weight excluding hydrogens is 90.1 g/mol. The Labute approximate surface area is 43.0 Å². The predicted molar refractivity (Wildman–Crippen MR) is 28.4 cm³/mol. The summed E-state index contributed by atoms with van der Waals surface area (Å²) in [6.45, 7) is 3.67. The first-order chi connectivity index (χ1) is 3.35. The van der Waals surface area contributed by atoms with Crippen LogP contribution in [-0.4, -0.2) is 12.8 Å². The van der Waals surface area contributed by atoms with Gasteiger partial charge >= 0.3 is 0 Å². The molecule has 0 aliphatic heterocycles. The standard InChI is InChI=1S/C5H8NO/c1-2-5(3-6)4-7/h2,5H,1,3,6H2. The number of nitrogens with two attached hydrogens (primary N) is 1. The quantitative estimate of drug-likeness (QED) is 0.499. The lowest BCUT2D eigenvalue weighted by Crippen LogP contribution is -2.12. The molecule has 0 aromatic rings. The Morgan fingerprint density at radius 3 is 2.57 bits per heavy atom. The van der Waals surface area contributed by atoms with E-state index in [-0.39, 0.29) is 5.92 Å². The van der Waals surface area contributed by atoms with Crippen LogP contribution in [0.3, 0.4) is 0 Å². The highest BCUT2D eigenvalue weighted by molar-refractivity contribution is 5.57. The molecule has 0 aromatic heterocycles. The van der Waals surface area contributed by atoms with E-state index in [1.807, 2.05) is 0 Å². The Morgan fingerprint density at radius 1 is 2.00 bits per heavy atom. The van der Waals surface area contributed by atoms with Crippen molar-refractivity contribution in [3.8, 4) is 0 Å². The summed E-state index contributed by atoms with van der Waals surface area (Å²) >= 11 is 0. The van der Waals surface area contributed by atoms with Crippen molar-refractivity contribution in [3.05, 3.63) is 12.7 Å². The van der Waals surface area contributed by atoms with Crippen LogP contribution in [0.1, 0.15) is 0 Å². The average Bonchev–Trinajstić information content (AvgIpc) is 1.72. The Hall–Kier alpha value is -0.630. The summed E-state index contributed by atoms with van der Waals surface area (Å²) in [5.74, 6) is -0.278. The van der Waals surface area contributed by atoms with E-state index < -0.39 is 0 Å². The van der Waals surface area contributed by atoms with Crippen molar-refractivity contribution in [2.75, 3.05) is 6.54 Å². The molecule has 1 radical (unpaired) electrons. The molecule has 0 rings (SSSR count). The van der Waals surface area contributed by atoms with Crippen molar-refractivity contribution in [3.63, 3.8) is 0 Å². The van der Waals surface area contributed by atoms with E-state index in [0.29, 0.717) is 6.54 Å². The van der Waals surface area contributed by atoms with Crippen LogP contribution >= 0.6 is 0 Å². The second-order valence-electron chi connectivity index (χ2n) is 1.20. The maximum atomic E-state index is 9.69. The number of hydrogen-bond donors (Lipinski definition) is 1. The molecule has 1 unspecified atom stereocenters. The molecule has 0 fully saturated rings. The van der Waals surface area contributed by atoms with Gasteiger partial charge in [0.25, 0.3) is 0 Å². The second-order valence-corrected chi connectivity index (χ2v) is 1.20. The summed E-state index contributed by atoms with van der Waals surface area (Å²) in [6.07, 6.45) is 3.19. The van der Waals surface area contributed by atoms with Gasteiger partial charge in [0.05, 0.1) is 5.92 Å². The van der Waals surface area contributed by atoms with Crippen molar-refractivity contribution >= 4 is 6.29 Å². The van der Waals surface area contributed by atoms with Crippen LogP contribution in [0.4, 0.5) is 0 Å². The molecule has 2 nitrogen and oxygen atoms in total. The summed E-state index contributed by atoms with van der Waals surface area (Å²) < 4.78 is 0. The fourth-order valence-corrected chi connectivity index (χ4v) is 0.192. The normalized spacial score (nSPS) is 12.7. The maximum Gasteiger partial charge on any atom is 0.207 e. The van der Waals surface area contributed by atoms with E-state index in [1.165, 1.54) is 6.08 Å². The van der Waals surface area contributed by atoms with Crippen LogP contribution in [0.5, 0.6) is 0 Å². The largest absolute Gasteiger partial charge is 0.329 e. The third-order valence-corrected chi connectivity index (χ3v) is 0.690. The Morgan fingerprint density at radius 2 is 2.57 bits per heavy atom. The number of rotatable bonds is 3. The number of carbonyl (C=O) groups excluding carboxylic acids is 1. The van der Waals surface area contributed by atoms with Gasteiger partial charge in [-0.2, -0.15) is 0 Å². The van der Waals surface area contributed by atoms with Crippen LogP contribution < -0.4 is 5.73 Å². The molecule has 0 bridgehead atoms. The first kappa shape index (κ1) is 6.37. The van der Waals surface area contributed by atoms with Crippen LogP contribution in [0.2, 0.25) is 0 Å². The lowest BCUT2D eigenvalue weighted by molar-refractivity contribution is 0.539. The highest BCUT2D eigenvalue weighted by atomic mass is 16.1. The Bertz CT molecular complexity index is 62.5. The molecule has 0 amide bonds. The molecule has 0 aliphatic carbocycles. The topological polar surface area (TPSA) is 43.1 Å². The molecule has 2 heteroatoms. The van der Waals surface area contributed by atoms with E-state index in [1.54, 1.807) is 6.29 Å². The van der Waals surface area contributed by atoms with E-state index >= 15 is 0 Å². The minimum absolute atomic E-state index is 0.278. The summed E-state index contributed by atoms with van der Waals surface area (Å²) in [7, 11) is 0. The average molecular weight is 98.1 g/mol. The smallest absolute Gasteiger partial charge is 0.207 e. The van der Waals surface area contributed by atoms with Crippen LogP contribution in [-0.2, 0) is 4.79 Å². The maximum absolute atomic E-state index is 9.69. The summed E-state index contributed by atoms with van der Waals surface area (Å²) in [5.41, 5.74) is 5.06. The highest BCUT2D eigenvalue weighted by Gasteiger charge is 1.95. The summed E-state index contributed by atoms with van der Waals surface area (Å²) in [5, 5.41) is 0. The fourth-order valence-electron chi connectivity index (χ4n) is 0.192. The molecule has 0 heterocycles. The first-order valence-electron chi connectivity index (χ1n) is 2.05. The molecule has 0 aliphatic rings. The van der Waals surface area contributed by atoms with Crippen molar-refractivity contribution in [1.29, 1.82) is 0 Å². The fraction of sp³-hybridized carbons (Fsp3) is 0.400. The molecule has 2 N–H and O–H groups in total. The van der Waals surface area contributed by atoms with Crippen molar-refractivity contribution in [2.24, 2.45) is 11.7 Å². The third-order valence-electron chi connectivity index (χ3n) is 0.690. The lowest BCUT2D eigenvalue weighted by Gasteiger charge is -1.91. The molecule has 1 atom stereocenters. The SMILES string of the molecule is C=CC([C]=O)CN. The zero-order chi connectivity index (χ0) is 5.70. The van der Waals surface area contributed by atoms with E-state index in [9.17, 15) is 4.79 Å². The van der Waals surface area contributed by atoms with Crippen LogP contribution in [0.15, 0.2) is 12.7 Å². The van der Waals surface area contributed by atoms with E-state index in [2.05, 4.69) is 6.58 Å². The van der Waals surface area contributed by atoms with Gasteiger partial charge in [0, 0.05) is 6.54 Å². The van der Waals surface area contributed by atoms with Gasteiger partial charge in [-0.3, -0.25) is 4.79 Å². The Kier molecular flexibility index (Phi) is 3.24. The number of hydrogen-bond acceptors (Lipinski definition) is 2. The lowest BCUT2D eigenvalue weighted by atomic mass is 10.2. The minimum Gasteiger partial charge on any atom is -0.329 e. The van der Waals surface area contributed by atoms with Gasteiger partial charge in [0.2, 0.25) is 6.29 Å². The zero-order valence-corrected chi connectivity index (χ0v) is 4.05. The molecule has 0 aromatic carbocycles. The van der Waals surface area contributed by atoms with Gasteiger partial charge in [-0.1, -0.05) is 6.08 Å². The van der Waals surface area contributed by atoms with Gasteiger partial charge in [0.1, 0.15) is 0 Å². The molecule has 7 heavy (non-hydrogen) atoms.